The van der Waals surface area contributed by atoms with Gasteiger partial charge in [0.1, 0.15) is 5.75 Å². The Labute approximate surface area is 102 Å². The Hall–Kier alpha value is -1.02. The Balaban J connectivity index is 2.92. The molecule has 1 aromatic carbocycles. The summed E-state index contributed by atoms with van der Waals surface area (Å²) in [4.78, 5) is 11.3. The number of carbonyl (C=O) groups is 1. The summed E-state index contributed by atoms with van der Waals surface area (Å²) < 4.78 is 5.42. The number of carbonyl (C=O) groups excluding carboxylic acids is 1. The highest BCUT2D eigenvalue weighted by Crippen LogP contribution is 2.19. The quantitative estimate of drug-likeness (QED) is 0.715. The van der Waals surface area contributed by atoms with Crippen LogP contribution in [0.15, 0.2) is 18.2 Å². The summed E-state index contributed by atoms with van der Waals surface area (Å²) in [6, 6.07) is 5.89. The van der Waals surface area contributed by atoms with Crippen LogP contribution < -0.4 is 4.74 Å². The minimum absolute atomic E-state index is 0.0463. The molecule has 88 valence electrons. The number of ether oxygens (including phenoxy) is 1. The van der Waals surface area contributed by atoms with E-state index in [9.17, 15) is 4.79 Å². The Morgan fingerprint density at radius 2 is 2.06 bits per heavy atom. The van der Waals surface area contributed by atoms with E-state index in [-0.39, 0.29) is 11.7 Å². The molecule has 0 saturated heterocycles. The van der Waals surface area contributed by atoms with Gasteiger partial charge in [-0.25, -0.2) is 0 Å². The zero-order valence-corrected chi connectivity index (χ0v) is 10.5. The van der Waals surface area contributed by atoms with Crippen molar-refractivity contribution in [3.63, 3.8) is 0 Å². The molecular weight excluding hydrogens is 224 g/mol. The summed E-state index contributed by atoms with van der Waals surface area (Å²) in [6.07, 6.45) is 1.31. The zero-order valence-electron chi connectivity index (χ0n) is 9.75. The summed E-state index contributed by atoms with van der Waals surface area (Å²) in [5, 5.41) is 0. The number of Topliss-reactive ketones (excluding diaryl/α,β-unsaturated/α-hetero) is 1. The van der Waals surface area contributed by atoms with Crippen molar-refractivity contribution in [1.29, 1.82) is 0 Å². The average molecular weight is 241 g/mol. The lowest BCUT2D eigenvalue weighted by atomic mass is 10.0. The highest BCUT2D eigenvalue weighted by atomic mass is 35.5. The van der Waals surface area contributed by atoms with E-state index in [0.717, 1.165) is 17.7 Å². The first-order chi connectivity index (χ1) is 7.71. The van der Waals surface area contributed by atoms with E-state index in [0.29, 0.717) is 13.0 Å². The molecule has 0 aliphatic rings. The molecule has 0 aliphatic carbocycles. The van der Waals surface area contributed by atoms with Gasteiger partial charge >= 0.3 is 0 Å². The van der Waals surface area contributed by atoms with Gasteiger partial charge in [0.25, 0.3) is 0 Å². The maximum absolute atomic E-state index is 11.3. The molecule has 0 spiro atoms. The van der Waals surface area contributed by atoms with E-state index in [1.807, 2.05) is 25.1 Å². The lowest BCUT2D eigenvalue weighted by molar-refractivity contribution is -0.116. The zero-order chi connectivity index (χ0) is 12.0. The van der Waals surface area contributed by atoms with E-state index in [1.165, 1.54) is 5.56 Å². The van der Waals surface area contributed by atoms with Crippen molar-refractivity contribution in [3.8, 4) is 5.75 Å². The van der Waals surface area contributed by atoms with Crippen molar-refractivity contribution in [1.82, 2.24) is 0 Å². The lowest BCUT2D eigenvalue weighted by Crippen LogP contribution is -2.06. The van der Waals surface area contributed by atoms with Gasteiger partial charge in [0.2, 0.25) is 0 Å². The number of hydrogen-bond donors (Lipinski definition) is 0. The van der Waals surface area contributed by atoms with Gasteiger partial charge in [0.15, 0.2) is 5.78 Å². The molecule has 0 aromatic heterocycles. The van der Waals surface area contributed by atoms with Crippen molar-refractivity contribution in [2.45, 2.75) is 26.7 Å². The van der Waals surface area contributed by atoms with Crippen LogP contribution in [0, 0.1) is 0 Å². The largest absolute Gasteiger partial charge is 0.494 e. The first-order valence-corrected chi connectivity index (χ1v) is 6.07. The summed E-state index contributed by atoms with van der Waals surface area (Å²) in [7, 11) is 0. The van der Waals surface area contributed by atoms with Crippen molar-refractivity contribution >= 4 is 17.4 Å². The predicted octanol–water partition coefficient (Wildman–Crippen LogP) is 3.00. The summed E-state index contributed by atoms with van der Waals surface area (Å²) in [5.41, 5.74) is 2.21. The monoisotopic (exact) mass is 240 g/mol. The second-order valence-corrected chi connectivity index (χ2v) is 3.83. The number of benzene rings is 1. The first kappa shape index (κ1) is 13.0. The minimum Gasteiger partial charge on any atom is -0.494 e. The average Bonchev–Trinajstić information content (AvgIpc) is 2.30. The van der Waals surface area contributed by atoms with Crippen molar-refractivity contribution in [3.05, 3.63) is 29.3 Å². The smallest absolute Gasteiger partial charge is 0.151 e. The third kappa shape index (κ3) is 3.53. The Bertz CT molecular complexity index is 361. The molecule has 0 heterocycles. The van der Waals surface area contributed by atoms with Crippen LogP contribution in [0.1, 0.15) is 25.0 Å². The molecule has 0 aliphatic heterocycles. The first-order valence-electron chi connectivity index (χ1n) is 5.53. The maximum atomic E-state index is 11.3. The van der Waals surface area contributed by atoms with Crippen LogP contribution in [0.25, 0.3) is 0 Å². The minimum atomic E-state index is 0.0463. The van der Waals surface area contributed by atoms with Crippen LogP contribution in [0.3, 0.4) is 0 Å². The molecule has 0 fully saturated rings. The lowest BCUT2D eigenvalue weighted by Gasteiger charge is -2.10. The van der Waals surface area contributed by atoms with Gasteiger partial charge in [0.05, 0.1) is 12.5 Å². The summed E-state index contributed by atoms with van der Waals surface area (Å²) in [6.45, 7) is 4.65. The standard InChI is InChI=1S/C13H17ClO2/c1-3-10-5-6-13(16-4-2)8-11(10)7-12(15)9-14/h5-6,8H,3-4,7,9H2,1-2H3. The van der Waals surface area contributed by atoms with Gasteiger partial charge in [-0.15, -0.1) is 11.6 Å². The predicted molar refractivity (Wildman–Crippen MR) is 66.4 cm³/mol. The molecule has 0 atom stereocenters. The van der Waals surface area contributed by atoms with Crippen LogP contribution in [-0.4, -0.2) is 18.3 Å². The van der Waals surface area contributed by atoms with Gasteiger partial charge in [-0.2, -0.15) is 0 Å². The van der Waals surface area contributed by atoms with Gasteiger partial charge in [0, 0.05) is 6.42 Å². The second kappa shape index (κ2) is 6.54. The van der Waals surface area contributed by atoms with Crippen molar-refractivity contribution in [2.75, 3.05) is 12.5 Å². The summed E-state index contributed by atoms with van der Waals surface area (Å²) >= 11 is 5.52. The maximum Gasteiger partial charge on any atom is 0.151 e. The van der Waals surface area contributed by atoms with Gasteiger partial charge < -0.3 is 4.74 Å². The Morgan fingerprint density at radius 1 is 1.31 bits per heavy atom. The molecule has 0 N–H and O–H groups in total. The number of ketones is 1. The number of halogens is 1. The molecule has 1 aromatic rings. The normalized spacial score (nSPS) is 10.2. The van der Waals surface area contributed by atoms with Crippen LogP contribution in [-0.2, 0) is 17.6 Å². The van der Waals surface area contributed by atoms with E-state index in [4.69, 9.17) is 16.3 Å². The third-order valence-electron chi connectivity index (χ3n) is 2.41. The summed E-state index contributed by atoms with van der Waals surface area (Å²) in [5.74, 6) is 0.934. The van der Waals surface area contributed by atoms with E-state index in [1.54, 1.807) is 0 Å². The van der Waals surface area contributed by atoms with E-state index < -0.39 is 0 Å². The molecule has 0 radical (unpaired) electrons. The van der Waals surface area contributed by atoms with Crippen LogP contribution in [0.5, 0.6) is 5.75 Å². The number of aryl methyl sites for hydroxylation is 1. The molecule has 1 rings (SSSR count). The third-order valence-corrected chi connectivity index (χ3v) is 2.70. The Morgan fingerprint density at radius 3 is 2.62 bits per heavy atom. The van der Waals surface area contributed by atoms with Crippen molar-refractivity contribution in [2.24, 2.45) is 0 Å². The van der Waals surface area contributed by atoms with Gasteiger partial charge in [-0.3, -0.25) is 4.79 Å². The Kier molecular flexibility index (Phi) is 5.33. The topological polar surface area (TPSA) is 26.3 Å². The molecule has 16 heavy (non-hydrogen) atoms. The number of hydrogen-bond acceptors (Lipinski definition) is 2. The fourth-order valence-electron chi connectivity index (χ4n) is 1.63. The molecule has 0 unspecified atom stereocenters. The number of rotatable bonds is 6. The van der Waals surface area contributed by atoms with Crippen LogP contribution in [0.2, 0.25) is 0 Å². The van der Waals surface area contributed by atoms with Gasteiger partial charge in [-0.05, 0) is 36.6 Å². The van der Waals surface area contributed by atoms with Gasteiger partial charge in [-0.1, -0.05) is 13.0 Å². The molecule has 0 saturated carbocycles. The molecule has 3 heteroatoms. The van der Waals surface area contributed by atoms with Crippen LogP contribution in [0.4, 0.5) is 0 Å². The van der Waals surface area contributed by atoms with Crippen molar-refractivity contribution < 1.29 is 9.53 Å². The fourth-order valence-corrected chi connectivity index (χ4v) is 1.72. The molecule has 0 amide bonds. The highest BCUT2D eigenvalue weighted by molar-refractivity contribution is 6.27. The fraction of sp³-hybridized carbons (Fsp3) is 0.462. The second-order valence-electron chi connectivity index (χ2n) is 3.57. The highest BCUT2D eigenvalue weighted by Gasteiger charge is 2.07. The molecular formula is C13H17ClO2. The SMILES string of the molecule is CCOc1ccc(CC)c(CC(=O)CCl)c1. The van der Waals surface area contributed by atoms with Crippen LogP contribution >= 0.6 is 11.6 Å². The van der Waals surface area contributed by atoms with E-state index in [2.05, 4.69) is 6.92 Å². The van der Waals surface area contributed by atoms with E-state index >= 15 is 0 Å². The molecule has 0 bridgehead atoms. The molecule has 2 nitrogen and oxygen atoms in total. The number of alkyl halides is 1.